The first-order valence-electron chi connectivity index (χ1n) is 6.17. The maximum absolute atomic E-state index is 13.3. The summed E-state index contributed by atoms with van der Waals surface area (Å²) >= 11 is 0. The van der Waals surface area contributed by atoms with E-state index >= 15 is 0 Å². The molecule has 3 N–H and O–H groups in total. The molecule has 0 bridgehead atoms. The van der Waals surface area contributed by atoms with Crippen LogP contribution in [0, 0.1) is 12.7 Å². The first-order valence-corrected chi connectivity index (χ1v) is 6.17. The molecular weight excluding hydrogens is 255 g/mol. The van der Waals surface area contributed by atoms with E-state index in [1.54, 1.807) is 31.2 Å². The summed E-state index contributed by atoms with van der Waals surface area (Å²) in [6, 6.07) is 10.3. The average molecular weight is 268 g/mol. The molecule has 0 aliphatic heterocycles. The summed E-state index contributed by atoms with van der Waals surface area (Å²) in [5, 5.41) is 4.04. The van der Waals surface area contributed by atoms with Crippen LogP contribution in [0.15, 0.2) is 42.7 Å². The molecule has 5 heteroatoms. The number of anilines is 3. The summed E-state index contributed by atoms with van der Waals surface area (Å²) in [7, 11) is 0. The molecule has 20 heavy (non-hydrogen) atoms. The number of nitrogen functional groups attached to an aromatic ring is 1. The molecule has 0 spiro atoms. The molecule has 0 aliphatic rings. The Morgan fingerprint density at radius 2 is 1.95 bits per heavy atom. The topological polar surface area (TPSA) is 63.8 Å². The zero-order valence-corrected chi connectivity index (χ0v) is 10.9. The minimum absolute atomic E-state index is 0.226. The summed E-state index contributed by atoms with van der Waals surface area (Å²) in [6.07, 6.45) is 1.47. The van der Waals surface area contributed by atoms with E-state index in [9.17, 15) is 4.39 Å². The van der Waals surface area contributed by atoms with E-state index in [0.29, 0.717) is 17.1 Å². The second kappa shape index (κ2) is 4.77. The maximum atomic E-state index is 13.3. The molecule has 0 radical (unpaired) electrons. The smallest absolute Gasteiger partial charge is 0.141 e. The van der Waals surface area contributed by atoms with Gasteiger partial charge in [0.15, 0.2) is 0 Å². The van der Waals surface area contributed by atoms with Gasteiger partial charge in [-0.3, -0.25) is 0 Å². The van der Waals surface area contributed by atoms with E-state index in [0.717, 1.165) is 16.6 Å². The highest BCUT2D eigenvalue weighted by Gasteiger charge is 2.05. The molecule has 0 atom stereocenters. The van der Waals surface area contributed by atoms with Crippen LogP contribution in [-0.2, 0) is 0 Å². The zero-order valence-electron chi connectivity index (χ0n) is 10.9. The first kappa shape index (κ1) is 12.3. The number of benzene rings is 2. The fourth-order valence-corrected chi connectivity index (χ4v) is 2.03. The molecule has 0 saturated carbocycles. The highest BCUT2D eigenvalue weighted by molar-refractivity contribution is 5.92. The number of fused-ring (bicyclic) bond motifs is 1. The number of hydrogen-bond acceptors (Lipinski definition) is 4. The lowest BCUT2D eigenvalue weighted by Crippen LogP contribution is -1.97. The fourth-order valence-electron chi connectivity index (χ4n) is 2.03. The number of nitrogens with one attached hydrogen (secondary N) is 1. The molecule has 3 aromatic rings. The van der Waals surface area contributed by atoms with Crippen LogP contribution in [0.5, 0.6) is 0 Å². The SMILES string of the molecule is Cc1cc(Nc2ncnc3cc(N)ccc23)ccc1F. The Labute approximate surface area is 115 Å². The molecule has 0 fully saturated rings. The molecule has 1 heterocycles. The van der Waals surface area contributed by atoms with Gasteiger partial charge in [-0.2, -0.15) is 0 Å². The van der Waals surface area contributed by atoms with Crippen molar-refractivity contribution in [3.05, 3.63) is 54.1 Å². The standard InChI is InChI=1S/C15H13FN4/c1-9-6-11(3-5-13(9)16)20-15-12-4-2-10(17)7-14(12)18-8-19-15/h2-8H,17H2,1H3,(H,18,19,20). The molecule has 0 unspecified atom stereocenters. The summed E-state index contributed by atoms with van der Waals surface area (Å²) in [4.78, 5) is 8.41. The van der Waals surface area contributed by atoms with Gasteiger partial charge in [-0.15, -0.1) is 0 Å². The number of rotatable bonds is 2. The van der Waals surface area contributed by atoms with Crippen LogP contribution >= 0.6 is 0 Å². The van der Waals surface area contributed by atoms with E-state index in [2.05, 4.69) is 15.3 Å². The minimum Gasteiger partial charge on any atom is -0.399 e. The Morgan fingerprint density at radius 1 is 1.10 bits per heavy atom. The highest BCUT2D eigenvalue weighted by atomic mass is 19.1. The van der Waals surface area contributed by atoms with Crippen molar-refractivity contribution in [3.8, 4) is 0 Å². The van der Waals surface area contributed by atoms with Crippen molar-refractivity contribution in [1.29, 1.82) is 0 Å². The van der Waals surface area contributed by atoms with E-state index in [1.165, 1.54) is 12.4 Å². The van der Waals surface area contributed by atoms with E-state index in [-0.39, 0.29) is 5.82 Å². The van der Waals surface area contributed by atoms with Crippen molar-refractivity contribution in [3.63, 3.8) is 0 Å². The van der Waals surface area contributed by atoms with Crippen LogP contribution in [0.3, 0.4) is 0 Å². The van der Waals surface area contributed by atoms with Crippen LogP contribution in [-0.4, -0.2) is 9.97 Å². The second-order valence-corrected chi connectivity index (χ2v) is 4.59. The number of nitrogens with zero attached hydrogens (tertiary/aromatic N) is 2. The van der Waals surface area contributed by atoms with Crippen LogP contribution in [0.1, 0.15) is 5.56 Å². The van der Waals surface area contributed by atoms with Gasteiger partial charge in [-0.05, 0) is 48.9 Å². The van der Waals surface area contributed by atoms with Gasteiger partial charge >= 0.3 is 0 Å². The summed E-state index contributed by atoms with van der Waals surface area (Å²) in [5.74, 6) is 0.442. The van der Waals surface area contributed by atoms with Gasteiger partial charge in [0.05, 0.1) is 5.52 Å². The largest absolute Gasteiger partial charge is 0.399 e. The molecule has 4 nitrogen and oxygen atoms in total. The van der Waals surface area contributed by atoms with Crippen LogP contribution < -0.4 is 11.1 Å². The fraction of sp³-hybridized carbons (Fsp3) is 0.0667. The first-order chi connectivity index (χ1) is 9.63. The molecular formula is C15H13FN4. The lowest BCUT2D eigenvalue weighted by Gasteiger charge is -2.09. The van der Waals surface area contributed by atoms with Crippen molar-refractivity contribution >= 4 is 28.1 Å². The minimum atomic E-state index is -0.226. The predicted molar refractivity (Wildman–Crippen MR) is 78.4 cm³/mol. The second-order valence-electron chi connectivity index (χ2n) is 4.59. The lowest BCUT2D eigenvalue weighted by molar-refractivity contribution is 0.619. The molecule has 0 aliphatic carbocycles. The molecule has 3 rings (SSSR count). The Balaban J connectivity index is 2.04. The molecule has 2 aromatic carbocycles. The van der Waals surface area contributed by atoms with Crippen molar-refractivity contribution in [2.45, 2.75) is 6.92 Å². The average Bonchev–Trinajstić information content (AvgIpc) is 2.43. The van der Waals surface area contributed by atoms with Crippen LogP contribution in [0.2, 0.25) is 0 Å². The summed E-state index contributed by atoms with van der Waals surface area (Å²) < 4.78 is 13.3. The number of halogens is 1. The van der Waals surface area contributed by atoms with Gasteiger partial charge in [0, 0.05) is 16.8 Å². The number of hydrogen-bond donors (Lipinski definition) is 2. The van der Waals surface area contributed by atoms with E-state index in [1.807, 2.05) is 6.07 Å². The zero-order chi connectivity index (χ0) is 14.1. The Bertz CT molecular complexity index is 786. The lowest BCUT2D eigenvalue weighted by atomic mass is 10.2. The predicted octanol–water partition coefficient (Wildman–Crippen LogP) is 3.40. The third-order valence-electron chi connectivity index (χ3n) is 3.08. The van der Waals surface area contributed by atoms with Gasteiger partial charge < -0.3 is 11.1 Å². The van der Waals surface area contributed by atoms with Crippen LogP contribution in [0.4, 0.5) is 21.6 Å². The van der Waals surface area contributed by atoms with E-state index in [4.69, 9.17) is 5.73 Å². The van der Waals surface area contributed by atoms with Crippen molar-refractivity contribution in [2.75, 3.05) is 11.1 Å². The Hall–Kier alpha value is -2.69. The molecule has 0 saturated heterocycles. The molecule has 0 amide bonds. The van der Waals surface area contributed by atoms with Gasteiger partial charge in [0.25, 0.3) is 0 Å². The van der Waals surface area contributed by atoms with Crippen molar-refractivity contribution in [1.82, 2.24) is 9.97 Å². The Morgan fingerprint density at radius 3 is 2.75 bits per heavy atom. The quantitative estimate of drug-likeness (QED) is 0.699. The number of nitrogens with two attached hydrogens (primary N) is 1. The molecule has 1 aromatic heterocycles. The van der Waals surface area contributed by atoms with Crippen molar-refractivity contribution < 1.29 is 4.39 Å². The summed E-state index contributed by atoms with van der Waals surface area (Å²) in [6.45, 7) is 1.72. The van der Waals surface area contributed by atoms with Gasteiger partial charge in [0.1, 0.15) is 18.0 Å². The van der Waals surface area contributed by atoms with Gasteiger partial charge in [-0.25, -0.2) is 14.4 Å². The van der Waals surface area contributed by atoms with E-state index < -0.39 is 0 Å². The molecule has 100 valence electrons. The highest BCUT2D eigenvalue weighted by Crippen LogP contribution is 2.25. The maximum Gasteiger partial charge on any atom is 0.141 e. The monoisotopic (exact) mass is 268 g/mol. The normalized spacial score (nSPS) is 10.7. The van der Waals surface area contributed by atoms with Gasteiger partial charge in [-0.1, -0.05) is 0 Å². The van der Waals surface area contributed by atoms with Gasteiger partial charge in [0.2, 0.25) is 0 Å². The van der Waals surface area contributed by atoms with Crippen LogP contribution in [0.25, 0.3) is 10.9 Å². The third kappa shape index (κ3) is 2.25. The van der Waals surface area contributed by atoms with Crippen molar-refractivity contribution in [2.24, 2.45) is 0 Å². The Kier molecular flexibility index (Phi) is 2.95. The number of aromatic nitrogens is 2. The number of aryl methyl sites for hydroxylation is 1. The third-order valence-corrected chi connectivity index (χ3v) is 3.08. The summed E-state index contributed by atoms with van der Waals surface area (Å²) in [5.41, 5.74) is 8.52.